The van der Waals surface area contributed by atoms with Crippen molar-refractivity contribution >= 4 is 6.08 Å². The summed E-state index contributed by atoms with van der Waals surface area (Å²) in [6.45, 7) is 9.88. The molecule has 0 unspecified atom stereocenters. The molecule has 1 heteroatoms. The highest BCUT2D eigenvalue weighted by molar-refractivity contribution is 5.56. The lowest BCUT2D eigenvalue weighted by Gasteiger charge is -2.26. The number of aryl methyl sites for hydroxylation is 2. The summed E-state index contributed by atoms with van der Waals surface area (Å²) in [4.78, 5) is 0. The van der Waals surface area contributed by atoms with E-state index in [1.807, 2.05) is 0 Å². The van der Waals surface area contributed by atoms with Crippen molar-refractivity contribution in [2.24, 2.45) is 5.92 Å². The predicted molar refractivity (Wildman–Crippen MR) is 93.6 cm³/mol. The first-order chi connectivity index (χ1) is 10.0. The molecular weight excluding hydrogens is 254 g/mol. The third-order valence-electron chi connectivity index (χ3n) is 4.44. The van der Waals surface area contributed by atoms with Crippen LogP contribution < -0.4 is 5.32 Å². The minimum Gasteiger partial charge on any atom is -0.311 e. The monoisotopic (exact) mass is 285 g/mol. The standard InChI is InChI=1S/C20H31N/c1-15(2)21-14-20(19-8-6-5-7-9-19)13-18-11-16(3)10-17(4)12-18/h10-13,15,19,21H,5-9,14H2,1-4H3/b20-13-. The molecule has 0 atom stereocenters. The third-order valence-corrected chi connectivity index (χ3v) is 4.44. The van der Waals surface area contributed by atoms with Gasteiger partial charge in [-0.05, 0) is 38.2 Å². The van der Waals surface area contributed by atoms with E-state index in [4.69, 9.17) is 0 Å². The summed E-state index contributed by atoms with van der Waals surface area (Å²) in [5, 5.41) is 3.62. The van der Waals surface area contributed by atoms with Crippen molar-refractivity contribution in [3.05, 3.63) is 40.5 Å². The maximum Gasteiger partial charge on any atom is 0.0173 e. The molecule has 0 saturated heterocycles. The molecule has 1 aliphatic carbocycles. The molecule has 0 aromatic heterocycles. The first-order valence-electron chi connectivity index (χ1n) is 8.57. The molecular formula is C20H31N. The summed E-state index contributed by atoms with van der Waals surface area (Å²) in [6.07, 6.45) is 9.41. The van der Waals surface area contributed by atoms with E-state index in [9.17, 15) is 0 Å². The minimum atomic E-state index is 0.552. The SMILES string of the molecule is Cc1cc(C)cc(/C=C(/CNC(C)C)C2CCCCC2)c1. The van der Waals surface area contributed by atoms with Gasteiger partial charge in [0, 0.05) is 12.6 Å². The number of hydrogen-bond donors (Lipinski definition) is 1. The van der Waals surface area contributed by atoms with Crippen LogP contribution in [0.2, 0.25) is 0 Å². The molecule has 0 amide bonds. The van der Waals surface area contributed by atoms with Crippen LogP contribution in [0.4, 0.5) is 0 Å². The summed E-state index contributed by atoms with van der Waals surface area (Å²) in [5.41, 5.74) is 5.70. The Bertz CT molecular complexity index is 458. The van der Waals surface area contributed by atoms with Crippen LogP contribution in [0.3, 0.4) is 0 Å². The van der Waals surface area contributed by atoms with Crippen molar-refractivity contribution in [1.82, 2.24) is 5.32 Å². The molecule has 0 radical (unpaired) electrons. The minimum absolute atomic E-state index is 0.552. The fraction of sp³-hybridized carbons (Fsp3) is 0.600. The van der Waals surface area contributed by atoms with Crippen LogP contribution in [0.1, 0.15) is 62.6 Å². The Morgan fingerprint density at radius 3 is 2.29 bits per heavy atom. The van der Waals surface area contributed by atoms with E-state index in [0.29, 0.717) is 6.04 Å². The summed E-state index contributed by atoms with van der Waals surface area (Å²) in [6, 6.07) is 7.43. The van der Waals surface area contributed by atoms with Crippen molar-refractivity contribution in [1.29, 1.82) is 0 Å². The molecule has 1 N–H and O–H groups in total. The summed E-state index contributed by atoms with van der Waals surface area (Å²) in [7, 11) is 0. The summed E-state index contributed by atoms with van der Waals surface area (Å²) in [5.74, 6) is 0.783. The molecule has 1 nitrogen and oxygen atoms in total. The van der Waals surface area contributed by atoms with Gasteiger partial charge >= 0.3 is 0 Å². The van der Waals surface area contributed by atoms with Crippen LogP contribution in [0, 0.1) is 19.8 Å². The van der Waals surface area contributed by atoms with Crippen LogP contribution >= 0.6 is 0 Å². The molecule has 2 rings (SSSR count). The molecule has 0 aliphatic heterocycles. The number of hydrogen-bond acceptors (Lipinski definition) is 1. The highest BCUT2D eigenvalue weighted by Crippen LogP contribution is 2.30. The van der Waals surface area contributed by atoms with Gasteiger partial charge in [0.1, 0.15) is 0 Å². The maximum atomic E-state index is 3.62. The van der Waals surface area contributed by atoms with Gasteiger partial charge in [-0.2, -0.15) is 0 Å². The lowest BCUT2D eigenvalue weighted by molar-refractivity contribution is 0.394. The molecule has 0 bridgehead atoms. The molecule has 0 heterocycles. The van der Waals surface area contributed by atoms with Gasteiger partial charge in [0.2, 0.25) is 0 Å². The van der Waals surface area contributed by atoms with Crippen molar-refractivity contribution in [3.63, 3.8) is 0 Å². The van der Waals surface area contributed by atoms with Gasteiger partial charge in [-0.1, -0.05) is 74.1 Å². The van der Waals surface area contributed by atoms with E-state index < -0.39 is 0 Å². The Kier molecular flexibility index (Phi) is 6.05. The summed E-state index contributed by atoms with van der Waals surface area (Å²) >= 11 is 0. The average molecular weight is 285 g/mol. The first kappa shape index (κ1) is 16.3. The largest absolute Gasteiger partial charge is 0.311 e. The van der Waals surface area contributed by atoms with E-state index in [0.717, 1.165) is 12.5 Å². The van der Waals surface area contributed by atoms with Crippen molar-refractivity contribution < 1.29 is 0 Å². The van der Waals surface area contributed by atoms with Crippen LogP contribution in [0.5, 0.6) is 0 Å². The number of nitrogens with one attached hydrogen (secondary N) is 1. The van der Waals surface area contributed by atoms with Gasteiger partial charge in [-0.3, -0.25) is 0 Å². The Morgan fingerprint density at radius 1 is 1.10 bits per heavy atom. The molecule has 1 aromatic rings. The lowest BCUT2D eigenvalue weighted by atomic mass is 9.82. The van der Waals surface area contributed by atoms with Gasteiger partial charge < -0.3 is 5.32 Å². The topological polar surface area (TPSA) is 12.0 Å². The molecule has 1 saturated carbocycles. The highest BCUT2D eigenvalue weighted by atomic mass is 14.9. The predicted octanol–water partition coefficient (Wildman–Crippen LogP) is 5.27. The normalized spacial score (nSPS) is 17.5. The van der Waals surface area contributed by atoms with Gasteiger partial charge in [-0.15, -0.1) is 0 Å². The highest BCUT2D eigenvalue weighted by Gasteiger charge is 2.18. The maximum absolute atomic E-state index is 3.62. The Morgan fingerprint density at radius 2 is 1.71 bits per heavy atom. The van der Waals surface area contributed by atoms with Gasteiger partial charge in [0.15, 0.2) is 0 Å². The van der Waals surface area contributed by atoms with Crippen LogP contribution in [0.15, 0.2) is 23.8 Å². The fourth-order valence-electron chi connectivity index (χ4n) is 3.42. The van der Waals surface area contributed by atoms with Gasteiger partial charge in [0.05, 0.1) is 0 Å². The number of benzene rings is 1. The average Bonchev–Trinajstić information content (AvgIpc) is 2.43. The first-order valence-corrected chi connectivity index (χ1v) is 8.57. The Labute approximate surface area is 130 Å². The molecule has 116 valence electrons. The van der Waals surface area contributed by atoms with Crippen molar-refractivity contribution in [2.75, 3.05) is 6.54 Å². The second kappa shape index (κ2) is 7.79. The van der Waals surface area contributed by atoms with E-state index in [-0.39, 0.29) is 0 Å². The Balaban J connectivity index is 2.21. The molecule has 21 heavy (non-hydrogen) atoms. The smallest absolute Gasteiger partial charge is 0.0173 e. The van der Waals surface area contributed by atoms with Gasteiger partial charge in [-0.25, -0.2) is 0 Å². The zero-order valence-corrected chi connectivity index (χ0v) is 14.2. The van der Waals surface area contributed by atoms with Crippen LogP contribution in [-0.4, -0.2) is 12.6 Å². The van der Waals surface area contributed by atoms with E-state index >= 15 is 0 Å². The van der Waals surface area contributed by atoms with E-state index in [1.165, 1.54) is 48.8 Å². The van der Waals surface area contributed by atoms with Crippen molar-refractivity contribution in [2.45, 2.75) is 65.8 Å². The second-order valence-electron chi connectivity index (χ2n) is 7.01. The zero-order chi connectivity index (χ0) is 15.2. The lowest BCUT2D eigenvalue weighted by Crippen LogP contribution is -2.27. The third kappa shape index (κ3) is 5.32. The Hall–Kier alpha value is -1.08. The van der Waals surface area contributed by atoms with Crippen molar-refractivity contribution in [3.8, 4) is 0 Å². The van der Waals surface area contributed by atoms with Crippen LogP contribution in [-0.2, 0) is 0 Å². The number of rotatable bonds is 5. The molecule has 0 spiro atoms. The van der Waals surface area contributed by atoms with Crippen LogP contribution in [0.25, 0.3) is 6.08 Å². The van der Waals surface area contributed by atoms with Gasteiger partial charge in [0.25, 0.3) is 0 Å². The molecule has 1 aliphatic rings. The van der Waals surface area contributed by atoms with E-state index in [2.05, 4.69) is 57.3 Å². The molecule has 1 aromatic carbocycles. The molecule has 1 fully saturated rings. The zero-order valence-electron chi connectivity index (χ0n) is 14.2. The fourth-order valence-corrected chi connectivity index (χ4v) is 3.42. The summed E-state index contributed by atoms with van der Waals surface area (Å²) < 4.78 is 0. The second-order valence-corrected chi connectivity index (χ2v) is 7.01. The van der Waals surface area contributed by atoms with E-state index in [1.54, 1.807) is 5.57 Å². The quantitative estimate of drug-likeness (QED) is 0.777.